The molecule has 1 amide bonds. The number of nitrogens with one attached hydrogen (secondary N) is 1. The number of sulfonamides is 1. The zero-order valence-corrected chi connectivity index (χ0v) is 18.5. The zero-order valence-electron chi connectivity index (χ0n) is 15.4. The molecule has 2 aromatic carbocycles. The van der Waals surface area contributed by atoms with E-state index in [0.717, 1.165) is 15.7 Å². The van der Waals surface area contributed by atoms with Crippen LogP contribution in [0, 0.1) is 6.92 Å². The molecule has 1 aliphatic heterocycles. The van der Waals surface area contributed by atoms with E-state index < -0.39 is 10.0 Å². The van der Waals surface area contributed by atoms with Crippen LogP contribution in [0.1, 0.15) is 5.56 Å². The smallest absolute Gasteiger partial charge is 0.243 e. The summed E-state index contributed by atoms with van der Waals surface area (Å²) in [5, 5.41) is 3.38. The average Bonchev–Trinajstić information content (AvgIpc) is 2.65. The lowest BCUT2D eigenvalue weighted by Crippen LogP contribution is -2.50. The fraction of sp³-hybridized carbons (Fsp3) is 0.316. The summed E-state index contributed by atoms with van der Waals surface area (Å²) < 4.78 is 27.7. The van der Waals surface area contributed by atoms with E-state index in [4.69, 9.17) is 11.6 Å². The maximum Gasteiger partial charge on any atom is 0.243 e. The number of rotatable bonds is 5. The number of carbonyl (C=O) groups excluding carboxylic acids is 1. The van der Waals surface area contributed by atoms with Gasteiger partial charge in [0.2, 0.25) is 15.9 Å². The van der Waals surface area contributed by atoms with Gasteiger partial charge in [-0.1, -0.05) is 17.7 Å². The van der Waals surface area contributed by atoms with Crippen molar-refractivity contribution < 1.29 is 13.2 Å². The number of hydrogen-bond donors (Lipinski definition) is 1. The van der Waals surface area contributed by atoms with Gasteiger partial charge in [-0.15, -0.1) is 0 Å². The summed E-state index contributed by atoms with van der Waals surface area (Å²) >= 11 is 9.28. The quantitative estimate of drug-likeness (QED) is 0.704. The van der Waals surface area contributed by atoms with Crippen molar-refractivity contribution in [1.82, 2.24) is 9.21 Å². The van der Waals surface area contributed by atoms with E-state index in [1.165, 1.54) is 16.4 Å². The van der Waals surface area contributed by atoms with E-state index in [0.29, 0.717) is 31.2 Å². The third-order valence-electron chi connectivity index (χ3n) is 4.55. The van der Waals surface area contributed by atoms with Crippen molar-refractivity contribution in [2.24, 2.45) is 0 Å². The summed E-state index contributed by atoms with van der Waals surface area (Å²) in [7, 11) is -3.55. The van der Waals surface area contributed by atoms with Gasteiger partial charge in [0.25, 0.3) is 0 Å². The van der Waals surface area contributed by atoms with Crippen LogP contribution in [-0.4, -0.2) is 56.3 Å². The largest absolute Gasteiger partial charge is 0.324 e. The van der Waals surface area contributed by atoms with E-state index in [1.54, 1.807) is 12.1 Å². The summed E-state index contributed by atoms with van der Waals surface area (Å²) in [5.74, 6) is -0.126. The molecular weight excluding hydrogens is 466 g/mol. The molecule has 1 heterocycles. The van der Waals surface area contributed by atoms with Crippen molar-refractivity contribution in [3.8, 4) is 0 Å². The Labute approximate surface area is 178 Å². The van der Waals surface area contributed by atoms with Crippen LogP contribution < -0.4 is 5.32 Å². The Morgan fingerprint density at radius 1 is 1.11 bits per heavy atom. The molecule has 0 spiro atoms. The second-order valence-electron chi connectivity index (χ2n) is 6.67. The summed E-state index contributed by atoms with van der Waals surface area (Å²) in [6.07, 6.45) is 0. The molecule has 9 heteroatoms. The molecule has 2 aromatic rings. The molecule has 28 heavy (non-hydrogen) atoms. The van der Waals surface area contributed by atoms with Crippen molar-refractivity contribution in [3.05, 3.63) is 57.5 Å². The molecule has 6 nitrogen and oxygen atoms in total. The van der Waals surface area contributed by atoms with Crippen molar-refractivity contribution in [2.75, 3.05) is 38.0 Å². The zero-order chi connectivity index (χ0) is 20.3. The Morgan fingerprint density at radius 2 is 1.75 bits per heavy atom. The highest BCUT2D eigenvalue weighted by atomic mass is 79.9. The lowest BCUT2D eigenvalue weighted by Gasteiger charge is -2.33. The number of piperazine rings is 1. The number of carbonyl (C=O) groups is 1. The topological polar surface area (TPSA) is 69.7 Å². The number of nitrogens with zero attached hydrogens (tertiary/aromatic N) is 2. The van der Waals surface area contributed by atoms with E-state index in [2.05, 4.69) is 21.2 Å². The van der Waals surface area contributed by atoms with Crippen LogP contribution in [-0.2, 0) is 14.8 Å². The van der Waals surface area contributed by atoms with Gasteiger partial charge in [0.15, 0.2) is 0 Å². The predicted octanol–water partition coefficient (Wildman–Crippen LogP) is 3.36. The minimum absolute atomic E-state index is 0.126. The molecule has 0 radical (unpaired) electrons. The number of halogens is 2. The standard InChI is InChI=1S/C19H21BrClN3O3S/c1-14-2-7-18(17(20)12-14)22-19(25)13-23-8-10-24(11-9-23)28(26,27)16-5-3-15(21)4-6-16/h2-7,12H,8-11,13H2,1H3,(H,22,25). The molecule has 0 saturated carbocycles. The van der Waals surface area contributed by atoms with Crippen molar-refractivity contribution in [2.45, 2.75) is 11.8 Å². The number of anilines is 1. The second kappa shape index (κ2) is 8.92. The minimum Gasteiger partial charge on any atom is -0.324 e. The molecule has 0 atom stereocenters. The molecule has 1 saturated heterocycles. The van der Waals surface area contributed by atoms with Gasteiger partial charge in [0.05, 0.1) is 17.1 Å². The second-order valence-corrected chi connectivity index (χ2v) is 9.89. The molecule has 1 fully saturated rings. The first-order valence-corrected chi connectivity index (χ1v) is 11.4. The fourth-order valence-electron chi connectivity index (χ4n) is 3.00. The molecule has 1 aliphatic rings. The van der Waals surface area contributed by atoms with E-state index in [-0.39, 0.29) is 17.3 Å². The van der Waals surface area contributed by atoms with Gasteiger partial charge in [0.1, 0.15) is 0 Å². The molecule has 0 aliphatic carbocycles. The highest BCUT2D eigenvalue weighted by molar-refractivity contribution is 9.10. The van der Waals surface area contributed by atoms with Gasteiger partial charge in [-0.3, -0.25) is 9.69 Å². The lowest BCUT2D eigenvalue weighted by atomic mass is 10.2. The molecular formula is C19H21BrClN3O3S. The molecule has 1 N–H and O–H groups in total. The molecule has 0 aromatic heterocycles. The third kappa shape index (κ3) is 5.12. The van der Waals surface area contributed by atoms with Gasteiger partial charge in [0, 0.05) is 35.7 Å². The number of aryl methyl sites for hydroxylation is 1. The Morgan fingerprint density at radius 3 is 2.36 bits per heavy atom. The van der Waals surface area contributed by atoms with Gasteiger partial charge in [-0.25, -0.2) is 8.42 Å². The summed E-state index contributed by atoms with van der Waals surface area (Å²) in [6, 6.07) is 11.9. The number of benzene rings is 2. The maximum atomic E-state index is 12.7. The Hall–Kier alpha value is -1.45. The van der Waals surface area contributed by atoms with Crippen LogP contribution in [0.2, 0.25) is 5.02 Å². The highest BCUT2D eigenvalue weighted by Crippen LogP contribution is 2.23. The van der Waals surface area contributed by atoms with Crippen LogP contribution in [0.4, 0.5) is 5.69 Å². The van der Waals surface area contributed by atoms with Crippen LogP contribution in [0.15, 0.2) is 51.8 Å². The van der Waals surface area contributed by atoms with Crippen LogP contribution in [0.25, 0.3) is 0 Å². The van der Waals surface area contributed by atoms with E-state index in [9.17, 15) is 13.2 Å². The third-order valence-corrected chi connectivity index (χ3v) is 7.37. The first-order valence-electron chi connectivity index (χ1n) is 8.80. The fourth-order valence-corrected chi connectivity index (χ4v) is 5.14. The molecule has 0 unspecified atom stereocenters. The normalized spacial score (nSPS) is 16.1. The van der Waals surface area contributed by atoms with E-state index >= 15 is 0 Å². The number of hydrogen-bond acceptors (Lipinski definition) is 4. The van der Waals surface area contributed by atoms with Crippen molar-refractivity contribution in [3.63, 3.8) is 0 Å². The summed E-state index contributed by atoms with van der Waals surface area (Å²) in [6.45, 7) is 3.87. The predicted molar refractivity (Wildman–Crippen MR) is 114 cm³/mol. The summed E-state index contributed by atoms with van der Waals surface area (Å²) in [5.41, 5.74) is 1.82. The van der Waals surface area contributed by atoms with Crippen LogP contribution >= 0.6 is 27.5 Å². The molecule has 0 bridgehead atoms. The Bertz CT molecular complexity index is 959. The van der Waals surface area contributed by atoms with Crippen molar-refractivity contribution >= 4 is 49.1 Å². The SMILES string of the molecule is Cc1ccc(NC(=O)CN2CCN(S(=O)(=O)c3ccc(Cl)cc3)CC2)c(Br)c1. The van der Waals surface area contributed by atoms with Gasteiger partial charge < -0.3 is 5.32 Å². The Kier molecular flexibility index (Phi) is 6.77. The maximum absolute atomic E-state index is 12.7. The van der Waals surface area contributed by atoms with E-state index in [1.807, 2.05) is 30.0 Å². The van der Waals surface area contributed by atoms with Crippen LogP contribution in [0.3, 0.4) is 0 Å². The average molecular weight is 487 g/mol. The van der Waals surface area contributed by atoms with Crippen LogP contribution in [0.5, 0.6) is 0 Å². The highest BCUT2D eigenvalue weighted by Gasteiger charge is 2.29. The molecule has 3 rings (SSSR count). The van der Waals surface area contributed by atoms with Gasteiger partial charge >= 0.3 is 0 Å². The first-order chi connectivity index (χ1) is 13.3. The monoisotopic (exact) mass is 485 g/mol. The minimum atomic E-state index is -3.55. The Balaban J connectivity index is 1.55. The van der Waals surface area contributed by atoms with Gasteiger partial charge in [-0.05, 0) is 64.8 Å². The van der Waals surface area contributed by atoms with Crippen molar-refractivity contribution in [1.29, 1.82) is 0 Å². The summed E-state index contributed by atoms with van der Waals surface area (Å²) in [4.78, 5) is 14.5. The first kappa shape index (κ1) is 21.3. The van der Waals surface area contributed by atoms with Gasteiger partial charge in [-0.2, -0.15) is 4.31 Å². The lowest BCUT2D eigenvalue weighted by molar-refractivity contribution is -0.117. The number of amides is 1. The molecule has 150 valence electrons.